The summed E-state index contributed by atoms with van der Waals surface area (Å²) >= 11 is 0. The first-order valence-corrected chi connectivity index (χ1v) is 22.0. The number of allylic oxidation sites excluding steroid dienone is 1. The van der Waals surface area contributed by atoms with Gasteiger partial charge in [-0.05, 0) is 97.6 Å². The van der Waals surface area contributed by atoms with Gasteiger partial charge in [0.15, 0.2) is 23.1 Å². The summed E-state index contributed by atoms with van der Waals surface area (Å²) < 4.78 is 11.0. The van der Waals surface area contributed by atoms with Crippen LogP contribution in [-0.2, 0) is 32.6 Å². The number of benzene rings is 3. The number of hydrogen-bond donors (Lipinski definition) is 11. The smallest absolute Gasteiger partial charge is 0.355 e. The van der Waals surface area contributed by atoms with Gasteiger partial charge in [0.25, 0.3) is 5.91 Å². The average Bonchev–Trinajstić information content (AvgIpc) is 4.00. The molecule has 2 aliphatic heterocycles. The summed E-state index contributed by atoms with van der Waals surface area (Å²) in [5.41, 5.74) is 1.25. The molecule has 5 aliphatic rings. The fraction of sp³-hybridized carbons (Fsp3) is 0.438. The van der Waals surface area contributed by atoms with Crippen LogP contribution < -0.4 is 9.64 Å². The number of aromatic amines is 1. The van der Waals surface area contributed by atoms with Crippen molar-refractivity contribution in [3.63, 3.8) is 0 Å². The number of aliphatic hydroxyl groups excluding tert-OH is 5. The van der Waals surface area contributed by atoms with Crippen LogP contribution in [0.1, 0.15) is 84.4 Å². The van der Waals surface area contributed by atoms with Gasteiger partial charge in [0.2, 0.25) is 0 Å². The van der Waals surface area contributed by atoms with Crippen LogP contribution in [0, 0.1) is 11.8 Å². The lowest BCUT2D eigenvalue weighted by atomic mass is 9.48. The summed E-state index contributed by atoms with van der Waals surface area (Å²) in [4.78, 5) is 37.7. The van der Waals surface area contributed by atoms with Gasteiger partial charge in [-0.1, -0.05) is 36.6 Å². The summed E-state index contributed by atoms with van der Waals surface area (Å²) in [5, 5.41) is 110. The Kier molecular flexibility index (Phi) is 11.5. The van der Waals surface area contributed by atoms with E-state index in [1.165, 1.54) is 30.6 Å². The monoisotopic (exact) mass is 895 g/mol. The Morgan fingerprint density at radius 3 is 2.52 bits per heavy atom. The summed E-state index contributed by atoms with van der Waals surface area (Å²) in [6, 6.07) is 12.5. The summed E-state index contributed by atoms with van der Waals surface area (Å²) in [5.74, 6) is -8.38. The molecule has 1 amide bonds. The first-order chi connectivity index (χ1) is 31.2. The first kappa shape index (κ1) is 44.4. The third-order valence-corrected chi connectivity index (χ3v) is 14.5. The highest BCUT2D eigenvalue weighted by atomic mass is 16.8. The van der Waals surface area contributed by atoms with Crippen LogP contribution in [0.2, 0.25) is 0 Å². The van der Waals surface area contributed by atoms with Gasteiger partial charge >= 0.3 is 11.9 Å². The third-order valence-electron chi connectivity index (χ3n) is 14.5. The molecule has 0 radical (unpaired) electrons. The molecule has 10 atom stereocenters. The number of hydrogen-bond acceptors (Lipinski definition) is 14. The number of carbonyl (C=O) groups excluding carboxylic acids is 1. The van der Waals surface area contributed by atoms with E-state index >= 15 is 4.79 Å². The second kappa shape index (κ2) is 16.9. The van der Waals surface area contributed by atoms with Crippen molar-refractivity contribution in [2.75, 3.05) is 18.1 Å². The zero-order chi connectivity index (χ0) is 46.0. The molecule has 9 rings (SSSR count). The van der Waals surface area contributed by atoms with Crippen molar-refractivity contribution >= 4 is 23.6 Å². The minimum Gasteiger partial charge on any atom is -0.508 e. The van der Waals surface area contributed by atoms with E-state index in [4.69, 9.17) is 9.47 Å². The maximum Gasteiger partial charge on any atom is 0.355 e. The molecule has 3 heterocycles. The van der Waals surface area contributed by atoms with Crippen molar-refractivity contribution in [1.29, 1.82) is 0 Å². The van der Waals surface area contributed by atoms with E-state index in [9.17, 15) is 55.9 Å². The van der Waals surface area contributed by atoms with Crippen LogP contribution in [-0.4, -0.2) is 122 Å². The van der Waals surface area contributed by atoms with Crippen LogP contribution in [0.3, 0.4) is 0 Å². The number of nitrogens with one attached hydrogen (secondary N) is 1. The van der Waals surface area contributed by atoms with E-state index < -0.39 is 83.2 Å². The number of ether oxygens (including phenoxy) is 2. The van der Waals surface area contributed by atoms with Crippen LogP contribution >= 0.6 is 0 Å². The first-order valence-electron chi connectivity index (χ1n) is 22.0. The highest BCUT2D eigenvalue weighted by molar-refractivity contribution is 6.13. The number of aromatic hydroxyl groups is 3. The molecule has 3 aliphatic carbocycles. The lowest BCUT2D eigenvalue weighted by Gasteiger charge is -2.55. The number of imidazole rings is 1. The van der Waals surface area contributed by atoms with E-state index in [0.717, 1.165) is 53.5 Å². The molecular formula is C48H53N3O14. The number of carbonyl (C=O) groups is 2. The number of anilines is 1. The predicted octanol–water partition coefficient (Wildman–Crippen LogP) is 2.99. The molecule has 17 nitrogen and oxygen atoms in total. The number of carboxylic acids is 1. The number of aryl methyl sites for hydroxylation is 1. The number of amides is 1. The Morgan fingerprint density at radius 2 is 1.78 bits per heavy atom. The quantitative estimate of drug-likeness (QED) is 0.0554. The molecular weight excluding hydrogens is 843 g/mol. The molecule has 0 unspecified atom stereocenters. The highest BCUT2D eigenvalue weighted by Gasteiger charge is 2.69. The van der Waals surface area contributed by atoms with Gasteiger partial charge in [0.1, 0.15) is 29.8 Å². The van der Waals surface area contributed by atoms with Crippen molar-refractivity contribution in [1.82, 2.24) is 9.97 Å². The molecule has 17 heteroatoms. The SMILES string of the molecule is O=C(/C=C/c1ccc(O)c(Cc2cnc[nH]2)c1)N1c2cc(O[C@]3(O)O[C@H](CO)[C@@H](O)[C@H](O)[C@H]3O)c(O)cc2[C@H]2[C@H]([C@@]34CCCC[C@@H]3CCc3cccc(O)c34)C(CCCO)=C[C@]21C(=O)O. The van der Waals surface area contributed by atoms with Gasteiger partial charge in [-0.3, -0.25) is 9.69 Å². The number of aliphatic carboxylic acids is 1. The zero-order valence-electron chi connectivity index (χ0n) is 35.3. The molecule has 3 aromatic carbocycles. The molecule has 0 bridgehead atoms. The number of rotatable bonds is 12. The van der Waals surface area contributed by atoms with E-state index in [1.807, 2.05) is 6.07 Å². The summed E-state index contributed by atoms with van der Waals surface area (Å²) in [6.07, 6.45) is 4.82. The van der Waals surface area contributed by atoms with Crippen molar-refractivity contribution < 1.29 is 70.1 Å². The number of carboxylic acid groups (broad SMARTS) is 1. The molecule has 65 heavy (non-hydrogen) atoms. The second-order valence-corrected chi connectivity index (χ2v) is 18.0. The van der Waals surface area contributed by atoms with Gasteiger partial charge in [0, 0.05) is 65.4 Å². The lowest BCUT2D eigenvalue weighted by molar-refractivity contribution is -0.422. The van der Waals surface area contributed by atoms with Crippen molar-refractivity contribution in [3.05, 3.63) is 112 Å². The predicted molar refractivity (Wildman–Crippen MR) is 231 cm³/mol. The van der Waals surface area contributed by atoms with E-state index in [2.05, 4.69) is 9.97 Å². The average molecular weight is 896 g/mol. The fourth-order valence-corrected chi connectivity index (χ4v) is 11.9. The zero-order valence-corrected chi connectivity index (χ0v) is 35.3. The van der Waals surface area contributed by atoms with Gasteiger partial charge in [0.05, 0.1) is 18.6 Å². The Hall–Kier alpha value is -5.79. The Morgan fingerprint density at radius 1 is 0.969 bits per heavy atom. The van der Waals surface area contributed by atoms with Gasteiger partial charge < -0.3 is 65.5 Å². The van der Waals surface area contributed by atoms with Crippen LogP contribution in [0.4, 0.5) is 5.69 Å². The number of phenolic OH excluding ortho intramolecular Hbond substituents is 3. The largest absolute Gasteiger partial charge is 0.508 e. The number of H-pyrrole nitrogens is 1. The molecule has 1 saturated carbocycles. The molecule has 1 saturated heterocycles. The molecule has 2 fully saturated rings. The standard InChI is InChI=1S/C48H53N3O14/c52-16-4-6-27-21-47(45(61)62)41(40(27)46-15-2-1-7-29(46)12-11-26-5-3-8-34(55)39(26)46)31-19-35(56)36(64-48(63)44(60)43(59)42(58)37(23-53)65-48)20-32(31)51(47)38(57)14-10-25-9-13-33(54)28(17-25)18-30-22-49-24-50-30/h3,5,8-10,13-14,17,19-22,24,29,37,40-44,52-56,58-60,63H,1-2,4,6-7,11-12,15-16,18,23H2,(H,49,50)(H,61,62)/b14-10+/t29-,37-,40-,41+,42-,43+,44-,46+,47-,48+/m1/s1. The Balaban J connectivity index is 1.23. The van der Waals surface area contributed by atoms with E-state index in [-0.39, 0.29) is 48.1 Å². The molecule has 0 spiro atoms. The summed E-state index contributed by atoms with van der Waals surface area (Å²) in [7, 11) is 0. The Labute approximate surface area is 373 Å². The van der Waals surface area contributed by atoms with Crippen molar-refractivity contribution in [2.24, 2.45) is 11.8 Å². The maximum absolute atomic E-state index is 15.1. The second-order valence-electron chi connectivity index (χ2n) is 18.0. The lowest BCUT2D eigenvalue weighted by Crippen LogP contribution is -2.67. The molecule has 1 aromatic heterocycles. The van der Waals surface area contributed by atoms with Crippen molar-refractivity contribution in [2.45, 2.75) is 105 Å². The number of fused-ring (bicyclic) bond motifs is 6. The summed E-state index contributed by atoms with van der Waals surface area (Å²) in [6.45, 7) is -1.12. The molecule has 4 aromatic rings. The van der Waals surface area contributed by atoms with Crippen LogP contribution in [0.25, 0.3) is 6.08 Å². The van der Waals surface area contributed by atoms with Gasteiger partial charge in [-0.25, -0.2) is 9.78 Å². The third kappa shape index (κ3) is 7.08. The Bertz CT molecular complexity index is 2540. The fourth-order valence-electron chi connectivity index (χ4n) is 11.9. The van der Waals surface area contributed by atoms with E-state index in [0.29, 0.717) is 36.0 Å². The maximum atomic E-state index is 15.1. The number of aliphatic hydroxyl groups is 6. The normalized spacial score (nSPS) is 31.5. The highest BCUT2D eigenvalue weighted by Crippen LogP contribution is 2.69. The van der Waals surface area contributed by atoms with Gasteiger partial charge in [-0.2, -0.15) is 0 Å². The minimum absolute atomic E-state index is 0.00544. The van der Waals surface area contributed by atoms with Crippen LogP contribution in [0.5, 0.6) is 23.0 Å². The molecule has 11 N–H and O–H groups in total. The number of nitrogens with zero attached hydrogens (tertiary/aromatic N) is 2. The van der Waals surface area contributed by atoms with Gasteiger partial charge in [-0.15, -0.1) is 0 Å². The molecule has 344 valence electrons. The number of phenols is 3. The number of aromatic nitrogens is 2. The topological polar surface area (TPSA) is 287 Å². The minimum atomic E-state index is -3.17. The van der Waals surface area contributed by atoms with E-state index in [1.54, 1.807) is 36.5 Å². The van der Waals surface area contributed by atoms with Crippen molar-refractivity contribution in [3.8, 4) is 23.0 Å². The van der Waals surface area contributed by atoms with Crippen LogP contribution in [0.15, 0.2) is 78.8 Å².